The zero-order chi connectivity index (χ0) is 15.2. The minimum absolute atomic E-state index is 0.127. The molecule has 1 amide bonds. The molecule has 1 atom stereocenters. The van der Waals surface area contributed by atoms with Gasteiger partial charge in [0.05, 0.1) is 11.8 Å². The summed E-state index contributed by atoms with van der Waals surface area (Å²) in [5, 5.41) is 2.55. The molecule has 0 radical (unpaired) electrons. The van der Waals surface area contributed by atoms with E-state index in [1.54, 1.807) is 0 Å². The van der Waals surface area contributed by atoms with Crippen LogP contribution in [-0.2, 0) is 9.53 Å². The summed E-state index contributed by atoms with van der Waals surface area (Å²) in [4.78, 5) is 13.9. The summed E-state index contributed by atoms with van der Waals surface area (Å²) in [6.45, 7) is 2.25. The number of carbonyl (C=O) groups is 1. The fourth-order valence-corrected chi connectivity index (χ4v) is 2.37. The Labute approximate surface area is 124 Å². The Hall–Kier alpha value is -1.66. The van der Waals surface area contributed by atoms with E-state index < -0.39 is 5.82 Å². The van der Waals surface area contributed by atoms with Crippen molar-refractivity contribution in [1.29, 1.82) is 0 Å². The van der Waals surface area contributed by atoms with Gasteiger partial charge in [-0.15, -0.1) is 0 Å². The van der Waals surface area contributed by atoms with Crippen LogP contribution in [0.5, 0.6) is 0 Å². The highest BCUT2D eigenvalue weighted by molar-refractivity contribution is 5.91. The zero-order valence-electron chi connectivity index (χ0n) is 12.3. The van der Waals surface area contributed by atoms with Crippen LogP contribution < -0.4 is 11.1 Å². The van der Waals surface area contributed by atoms with Crippen molar-refractivity contribution in [3.8, 4) is 0 Å². The Morgan fingerprint density at radius 1 is 1.57 bits per heavy atom. The van der Waals surface area contributed by atoms with Crippen LogP contribution in [0.3, 0.4) is 0 Å². The molecule has 0 saturated carbocycles. The summed E-state index contributed by atoms with van der Waals surface area (Å²) in [6.07, 6.45) is 2.75. The second-order valence-electron chi connectivity index (χ2n) is 5.43. The number of benzene rings is 1. The van der Waals surface area contributed by atoms with Crippen molar-refractivity contribution in [2.75, 3.05) is 37.8 Å². The highest BCUT2D eigenvalue weighted by atomic mass is 19.1. The number of carbonyl (C=O) groups excluding carboxylic acids is 1. The predicted octanol–water partition coefficient (Wildman–Crippen LogP) is 1.85. The van der Waals surface area contributed by atoms with Gasteiger partial charge >= 0.3 is 0 Å². The maximum atomic E-state index is 13.5. The summed E-state index contributed by atoms with van der Waals surface area (Å²) in [5.74, 6) is -0.705. The molecular weight excluding hydrogens is 273 g/mol. The number of nitrogens with two attached hydrogens (primary N) is 1. The van der Waals surface area contributed by atoms with Gasteiger partial charge in [-0.3, -0.25) is 4.79 Å². The summed E-state index contributed by atoms with van der Waals surface area (Å²) in [6, 6.07) is 4.12. The molecule has 0 aliphatic carbocycles. The van der Waals surface area contributed by atoms with Gasteiger partial charge in [0.1, 0.15) is 5.82 Å². The van der Waals surface area contributed by atoms with E-state index in [2.05, 4.69) is 10.2 Å². The molecule has 1 aliphatic heterocycles. The Morgan fingerprint density at radius 3 is 3.10 bits per heavy atom. The number of nitrogen functional groups attached to an aromatic ring is 1. The maximum absolute atomic E-state index is 13.5. The van der Waals surface area contributed by atoms with Gasteiger partial charge in [-0.25, -0.2) is 4.39 Å². The number of hydrogen-bond donors (Lipinski definition) is 2. The molecule has 1 aromatic rings. The molecule has 1 aliphatic rings. The van der Waals surface area contributed by atoms with Gasteiger partial charge < -0.3 is 20.7 Å². The van der Waals surface area contributed by atoms with E-state index in [1.807, 2.05) is 7.05 Å². The molecule has 21 heavy (non-hydrogen) atoms. The van der Waals surface area contributed by atoms with Gasteiger partial charge in [0.25, 0.3) is 0 Å². The molecule has 0 spiro atoms. The lowest BCUT2D eigenvalue weighted by Crippen LogP contribution is -2.31. The number of rotatable bonds is 6. The van der Waals surface area contributed by atoms with Crippen molar-refractivity contribution in [3.63, 3.8) is 0 Å². The minimum atomic E-state index is -0.481. The van der Waals surface area contributed by atoms with Crippen molar-refractivity contribution < 1.29 is 13.9 Å². The van der Waals surface area contributed by atoms with E-state index in [-0.39, 0.29) is 17.7 Å². The van der Waals surface area contributed by atoms with E-state index >= 15 is 0 Å². The normalized spacial score (nSPS) is 18.1. The lowest BCUT2D eigenvalue weighted by Gasteiger charge is -2.20. The summed E-state index contributed by atoms with van der Waals surface area (Å²) < 4.78 is 19.1. The standard InChI is InChI=1S/C15H22FN3O2/c1-19(10-12-3-2-8-21-12)7-6-15(20)18-14-9-11(17)4-5-13(14)16/h4-5,9,12H,2-3,6-8,10,17H2,1H3,(H,18,20). The van der Waals surface area contributed by atoms with Crippen molar-refractivity contribution in [1.82, 2.24) is 4.90 Å². The molecular formula is C15H22FN3O2. The number of halogens is 1. The lowest BCUT2D eigenvalue weighted by molar-refractivity contribution is -0.116. The topological polar surface area (TPSA) is 67.6 Å². The Bertz CT molecular complexity index is 490. The third kappa shape index (κ3) is 4.99. The Morgan fingerprint density at radius 2 is 2.38 bits per heavy atom. The molecule has 0 aromatic heterocycles. The van der Waals surface area contributed by atoms with E-state index in [1.165, 1.54) is 18.2 Å². The smallest absolute Gasteiger partial charge is 0.225 e. The van der Waals surface area contributed by atoms with E-state index in [9.17, 15) is 9.18 Å². The number of likely N-dealkylation sites (N-methyl/N-ethyl adjacent to an activating group) is 1. The zero-order valence-corrected chi connectivity index (χ0v) is 12.3. The third-order valence-electron chi connectivity index (χ3n) is 3.52. The fourth-order valence-electron chi connectivity index (χ4n) is 2.37. The van der Waals surface area contributed by atoms with Crippen molar-refractivity contribution in [2.45, 2.75) is 25.4 Å². The molecule has 1 aromatic carbocycles. The first kappa shape index (κ1) is 15.7. The first-order chi connectivity index (χ1) is 10.0. The molecule has 1 unspecified atom stereocenters. The summed E-state index contributed by atoms with van der Waals surface area (Å²) in [7, 11) is 1.95. The van der Waals surface area contributed by atoms with Gasteiger partial charge in [0, 0.05) is 31.8 Å². The molecule has 0 bridgehead atoms. The number of nitrogens with zero attached hydrogens (tertiary/aromatic N) is 1. The number of hydrogen-bond acceptors (Lipinski definition) is 4. The van der Waals surface area contributed by atoms with Crippen LogP contribution >= 0.6 is 0 Å². The first-order valence-electron chi connectivity index (χ1n) is 7.19. The lowest BCUT2D eigenvalue weighted by atomic mass is 10.2. The van der Waals surface area contributed by atoms with Crippen LogP contribution in [0.25, 0.3) is 0 Å². The molecule has 1 fully saturated rings. The van der Waals surface area contributed by atoms with Crippen LogP contribution in [0.15, 0.2) is 18.2 Å². The van der Waals surface area contributed by atoms with Crippen molar-refractivity contribution in [2.24, 2.45) is 0 Å². The quantitative estimate of drug-likeness (QED) is 0.786. The van der Waals surface area contributed by atoms with Gasteiger partial charge in [-0.05, 0) is 38.1 Å². The predicted molar refractivity (Wildman–Crippen MR) is 80.5 cm³/mol. The monoisotopic (exact) mass is 295 g/mol. The average Bonchev–Trinajstić information content (AvgIpc) is 2.93. The van der Waals surface area contributed by atoms with Crippen LogP contribution in [0, 0.1) is 5.82 Å². The van der Waals surface area contributed by atoms with Gasteiger partial charge in [-0.1, -0.05) is 0 Å². The second-order valence-corrected chi connectivity index (χ2v) is 5.43. The molecule has 5 nitrogen and oxygen atoms in total. The SMILES string of the molecule is CN(CCC(=O)Nc1cc(N)ccc1F)CC1CCCO1. The highest BCUT2D eigenvalue weighted by Gasteiger charge is 2.17. The first-order valence-corrected chi connectivity index (χ1v) is 7.19. The number of ether oxygens (including phenoxy) is 1. The van der Waals surface area contributed by atoms with E-state index in [0.29, 0.717) is 18.7 Å². The van der Waals surface area contributed by atoms with Crippen LogP contribution in [0.1, 0.15) is 19.3 Å². The average molecular weight is 295 g/mol. The fraction of sp³-hybridized carbons (Fsp3) is 0.533. The summed E-state index contributed by atoms with van der Waals surface area (Å²) >= 11 is 0. The van der Waals surface area contributed by atoms with Gasteiger partial charge in [0.15, 0.2) is 0 Å². The van der Waals surface area contributed by atoms with Crippen molar-refractivity contribution >= 4 is 17.3 Å². The molecule has 116 valence electrons. The van der Waals surface area contributed by atoms with Crippen LogP contribution in [-0.4, -0.2) is 43.7 Å². The second kappa shape index (κ2) is 7.38. The summed E-state index contributed by atoms with van der Waals surface area (Å²) in [5.41, 5.74) is 6.12. The highest BCUT2D eigenvalue weighted by Crippen LogP contribution is 2.17. The van der Waals surface area contributed by atoms with E-state index in [4.69, 9.17) is 10.5 Å². The minimum Gasteiger partial charge on any atom is -0.399 e. The third-order valence-corrected chi connectivity index (χ3v) is 3.52. The molecule has 1 heterocycles. The molecule has 1 saturated heterocycles. The van der Waals surface area contributed by atoms with Gasteiger partial charge in [0.2, 0.25) is 5.91 Å². The van der Waals surface area contributed by atoms with Crippen LogP contribution in [0.4, 0.5) is 15.8 Å². The largest absolute Gasteiger partial charge is 0.399 e. The van der Waals surface area contributed by atoms with Crippen molar-refractivity contribution in [3.05, 3.63) is 24.0 Å². The molecule has 3 N–H and O–H groups in total. The van der Waals surface area contributed by atoms with E-state index in [0.717, 1.165) is 26.0 Å². The van der Waals surface area contributed by atoms with Crippen LogP contribution in [0.2, 0.25) is 0 Å². The maximum Gasteiger partial charge on any atom is 0.225 e. The van der Waals surface area contributed by atoms with Gasteiger partial charge in [-0.2, -0.15) is 0 Å². The molecule has 6 heteroatoms. The number of nitrogens with one attached hydrogen (secondary N) is 1. The molecule has 2 rings (SSSR count). The Kier molecular flexibility index (Phi) is 5.52. The Balaban J connectivity index is 1.75. The number of amides is 1. The number of anilines is 2.